The van der Waals surface area contributed by atoms with E-state index in [0.29, 0.717) is 10.2 Å². The monoisotopic (exact) mass is 413 g/mol. The molecule has 0 bridgehead atoms. The van der Waals surface area contributed by atoms with Crippen molar-refractivity contribution in [2.24, 2.45) is 0 Å². The fourth-order valence-corrected chi connectivity index (χ4v) is 3.96. The first-order valence-electron chi connectivity index (χ1n) is 7.37. The molecule has 0 aromatic heterocycles. The number of rotatable bonds is 7. The van der Waals surface area contributed by atoms with Gasteiger partial charge in [-0.2, -0.15) is 0 Å². The van der Waals surface area contributed by atoms with E-state index >= 15 is 0 Å². The lowest BCUT2D eigenvalue weighted by atomic mass is 10.1. The lowest BCUT2D eigenvalue weighted by Crippen LogP contribution is -2.28. The zero-order valence-electron chi connectivity index (χ0n) is 13.8. The SMILES string of the molecule is COc1ccc(Br)cc1S(=O)(=O)NCCOc1ccc(C)cc1C. The number of aryl methyl sites for hydroxylation is 2. The van der Waals surface area contributed by atoms with E-state index in [9.17, 15) is 8.42 Å². The average molecular weight is 414 g/mol. The average Bonchev–Trinajstić information content (AvgIpc) is 2.53. The van der Waals surface area contributed by atoms with E-state index in [-0.39, 0.29) is 18.0 Å². The van der Waals surface area contributed by atoms with Gasteiger partial charge in [0.25, 0.3) is 0 Å². The van der Waals surface area contributed by atoms with Crippen molar-refractivity contribution in [2.45, 2.75) is 18.7 Å². The van der Waals surface area contributed by atoms with Gasteiger partial charge in [0.2, 0.25) is 10.0 Å². The molecular weight excluding hydrogens is 394 g/mol. The van der Waals surface area contributed by atoms with Crippen molar-refractivity contribution < 1.29 is 17.9 Å². The summed E-state index contributed by atoms with van der Waals surface area (Å²) in [4.78, 5) is 0.0888. The molecule has 1 N–H and O–H groups in total. The second-order valence-electron chi connectivity index (χ2n) is 5.31. The summed E-state index contributed by atoms with van der Waals surface area (Å²) >= 11 is 3.27. The maximum atomic E-state index is 12.4. The minimum absolute atomic E-state index is 0.0888. The van der Waals surface area contributed by atoms with Crippen LogP contribution in [-0.2, 0) is 10.0 Å². The van der Waals surface area contributed by atoms with Gasteiger partial charge in [0.1, 0.15) is 23.0 Å². The maximum absolute atomic E-state index is 12.4. The molecule has 5 nitrogen and oxygen atoms in total. The summed E-state index contributed by atoms with van der Waals surface area (Å²) < 4.78 is 38.8. The van der Waals surface area contributed by atoms with Crippen LogP contribution < -0.4 is 14.2 Å². The predicted octanol–water partition coefficient (Wildman–Crippen LogP) is 3.43. The first-order valence-corrected chi connectivity index (χ1v) is 9.64. The van der Waals surface area contributed by atoms with Crippen LogP contribution in [0.3, 0.4) is 0 Å². The van der Waals surface area contributed by atoms with Gasteiger partial charge in [-0.3, -0.25) is 0 Å². The van der Waals surface area contributed by atoms with Gasteiger partial charge < -0.3 is 9.47 Å². The number of ether oxygens (including phenoxy) is 2. The minimum Gasteiger partial charge on any atom is -0.495 e. The lowest BCUT2D eigenvalue weighted by Gasteiger charge is -2.12. The van der Waals surface area contributed by atoms with Gasteiger partial charge in [-0.15, -0.1) is 0 Å². The molecule has 0 heterocycles. The Morgan fingerprint density at radius 1 is 1.08 bits per heavy atom. The molecule has 130 valence electrons. The molecule has 0 saturated heterocycles. The molecule has 0 atom stereocenters. The normalized spacial score (nSPS) is 11.3. The Hall–Kier alpha value is -1.57. The smallest absolute Gasteiger partial charge is 0.244 e. The van der Waals surface area contributed by atoms with E-state index in [4.69, 9.17) is 9.47 Å². The molecule has 0 spiro atoms. The van der Waals surface area contributed by atoms with E-state index < -0.39 is 10.0 Å². The summed E-state index contributed by atoms with van der Waals surface area (Å²) in [5.41, 5.74) is 2.17. The fourth-order valence-electron chi connectivity index (χ4n) is 2.24. The standard InChI is InChI=1S/C17H20BrNO4S/c1-12-4-6-15(13(2)10-12)23-9-8-19-24(20,21)17-11-14(18)5-7-16(17)22-3/h4-7,10-11,19H,8-9H2,1-3H3. The summed E-state index contributed by atoms with van der Waals surface area (Å²) in [7, 11) is -2.25. The number of nitrogens with one attached hydrogen (secondary N) is 1. The molecule has 7 heteroatoms. The molecule has 0 unspecified atom stereocenters. The first kappa shape index (κ1) is 18.8. The van der Waals surface area contributed by atoms with E-state index in [1.165, 1.54) is 13.2 Å². The molecule has 0 aliphatic heterocycles. The highest BCUT2D eigenvalue weighted by atomic mass is 79.9. The Kier molecular flexibility index (Phi) is 6.26. The van der Waals surface area contributed by atoms with E-state index in [2.05, 4.69) is 20.7 Å². The summed E-state index contributed by atoms with van der Waals surface area (Å²) in [5.74, 6) is 1.04. The van der Waals surface area contributed by atoms with Gasteiger partial charge in [0.15, 0.2) is 0 Å². The molecule has 24 heavy (non-hydrogen) atoms. The number of methoxy groups -OCH3 is 1. The van der Waals surface area contributed by atoms with Crippen LogP contribution in [0.1, 0.15) is 11.1 Å². The molecule has 0 aliphatic rings. The number of sulfonamides is 1. The quantitative estimate of drug-likeness (QED) is 0.706. The summed E-state index contributed by atoms with van der Waals surface area (Å²) in [6, 6.07) is 10.7. The minimum atomic E-state index is -3.68. The van der Waals surface area contributed by atoms with Crippen LogP contribution in [0.4, 0.5) is 0 Å². The second kappa shape index (κ2) is 8.00. The highest BCUT2D eigenvalue weighted by Gasteiger charge is 2.19. The van der Waals surface area contributed by atoms with Gasteiger partial charge in [-0.25, -0.2) is 13.1 Å². The Morgan fingerprint density at radius 3 is 2.46 bits per heavy atom. The predicted molar refractivity (Wildman–Crippen MR) is 97.3 cm³/mol. The third-order valence-electron chi connectivity index (χ3n) is 3.40. The van der Waals surface area contributed by atoms with Crippen LogP contribution >= 0.6 is 15.9 Å². The van der Waals surface area contributed by atoms with Gasteiger partial charge in [-0.05, 0) is 43.7 Å². The zero-order chi connectivity index (χ0) is 17.7. The topological polar surface area (TPSA) is 64.6 Å². The third-order valence-corrected chi connectivity index (χ3v) is 5.37. The third kappa shape index (κ3) is 4.72. The molecule has 0 amide bonds. The number of halogens is 1. The Balaban J connectivity index is 1.99. The Morgan fingerprint density at radius 2 is 1.79 bits per heavy atom. The number of benzene rings is 2. The van der Waals surface area contributed by atoms with Gasteiger partial charge >= 0.3 is 0 Å². The van der Waals surface area contributed by atoms with Crippen LogP contribution in [0.5, 0.6) is 11.5 Å². The van der Waals surface area contributed by atoms with Gasteiger partial charge in [0.05, 0.1) is 7.11 Å². The zero-order valence-corrected chi connectivity index (χ0v) is 16.2. The maximum Gasteiger partial charge on any atom is 0.244 e. The van der Waals surface area contributed by atoms with E-state index in [1.54, 1.807) is 12.1 Å². The van der Waals surface area contributed by atoms with Crippen molar-refractivity contribution in [2.75, 3.05) is 20.3 Å². The first-order chi connectivity index (χ1) is 11.3. The summed E-state index contributed by atoms with van der Waals surface area (Å²) in [6.07, 6.45) is 0. The highest BCUT2D eigenvalue weighted by Crippen LogP contribution is 2.27. The van der Waals surface area contributed by atoms with Crippen LogP contribution in [0, 0.1) is 13.8 Å². The van der Waals surface area contributed by atoms with E-state index in [0.717, 1.165) is 16.9 Å². The highest BCUT2D eigenvalue weighted by molar-refractivity contribution is 9.10. The van der Waals surface area contributed by atoms with Crippen LogP contribution in [0.15, 0.2) is 45.8 Å². The molecule has 0 radical (unpaired) electrons. The Labute approximate surface area is 151 Å². The van der Waals surface area contributed by atoms with Crippen molar-refractivity contribution in [1.82, 2.24) is 4.72 Å². The Bertz CT molecular complexity index is 821. The largest absolute Gasteiger partial charge is 0.495 e. The van der Waals surface area contributed by atoms with Crippen molar-refractivity contribution in [3.63, 3.8) is 0 Å². The van der Waals surface area contributed by atoms with Crippen molar-refractivity contribution >= 4 is 26.0 Å². The summed E-state index contributed by atoms with van der Waals surface area (Å²) in [5, 5.41) is 0. The number of hydrogen-bond acceptors (Lipinski definition) is 4. The van der Waals surface area contributed by atoms with Crippen LogP contribution in [0.2, 0.25) is 0 Å². The summed E-state index contributed by atoms with van der Waals surface area (Å²) in [6.45, 7) is 4.36. The molecule has 0 saturated carbocycles. The molecular formula is C17H20BrNO4S. The molecule has 2 aromatic carbocycles. The van der Waals surface area contributed by atoms with Crippen LogP contribution in [0.25, 0.3) is 0 Å². The van der Waals surface area contributed by atoms with Gasteiger partial charge in [0, 0.05) is 11.0 Å². The lowest BCUT2D eigenvalue weighted by molar-refractivity contribution is 0.320. The van der Waals surface area contributed by atoms with E-state index in [1.807, 2.05) is 32.0 Å². The van der Waals surface area contributed by atoms with Crippen molar-refractivity contribution in [3.05, 3.63) is 52.0 Å². The van der Waals surface area contributed by atoms with Crippen molar-refractivity contribution in [3.8, 4) is 11.5 Å². The second-order valence-corrected chi connectivity index (χ2v) is 7.96. The van der Waals surface area contributed by atoms with Gasteiger partial charge in [-0.1, -0.05) is 33.6 Å². The molecule has 0 fully saturated rings. The fraction of sp³-hybridized carbons (Fsp3) is 0.294. The van der Waals surface area contributed by atoms with Crippen molar-refractivity contribution in [1.29, 1.82) is 0 Å². The molecule has 2 rings (SSSR count). The van der Waals surface area contributed by atoms with Crippen LogP contribution in [-0.4, -0.2) is 28.7 Å². The number of hydrogen-bond donors (Lipinski definition) is 1. The molecule has 2 aromatic rings. The molecule has 0 aliphatic carbocycles.